The second kappa shape index (κ2) is 6.18. The lowest BCUT2D eigenvalue weighted by atomic mass is 10.1. The lowest BCUT2D eigenvalue weighted by molar-refractivity contribution is 0.360. The van der Waals surface area contributed by atoms with Crippen LogP contribution in [0.1, 0.15) is 19.8 Å². The van der Waals surface area contributed by atoms with E-state index in [0.29, 0.717) is 11.4 Å². The maximum absolute atomic E-state index is 12.9. The number of anilines is 2. The minimum Gasteiger partial charge on any atom is -0.370 e. The molecule has 4 rings (SSSR count). The molecule has 2 aromatic carbocycles. The Morgan fingerprint density at radius 3 is 2.60 bits per heavy atom. The molecule has 0 aliphatic carbocycles. The van der Waals surface area contributed by atoms with Gasteiger partial charge < -0.3 is 9.80 Å². The van der Waals surface area contributed by atoms with Crippen molar-refractivity contribution in [1.29, 1.82) is 0 Å². The van der Waals surface area contributed by atoms with Gasteiger partial charge in [-0.1, -0.05) is 19.1 Å². The van der Waals surface area contributed by atoms with E-state index < -0.39 is 10.0 Å². The molecule has 1 saturated heterocycles. The zero-order valence-electron chi connectivity index (χ0n) is 14.9. The molecule has 0 N–H and O–H groups in total. The van der Waals surface area contributed by atoms with Crippen LogP contribution in [0.4, 0.5) is 11.4 Å². The summed E-state index contributed by atoms with van der Waals surface area (Å²) in [6, 6.07) is 9.79. The van der Waals surface area contributed by atoms with Crippen LogP contribution < -0.4 is 9.21 Å². The number of hydrogen-bond donors (Lipinski definition) is 0. The summed E-state index contributed by atoms with van der Waals surface area (Å²) in [5.74, 6) is 0. The minimum atomic E-state index is -3.42. The molecule has 2 aliphatic rings. The molecule has 0 amide bonds. The van der Waals surface area contributed by atoms with Gasteiger partial charge in [0.1, 0.15) is 0 Å². The highest BCUT2D eigenvalue weighted by Crippen LogP contribution is 2.45. The first kappa shape index (κ1) is 16.7. The third-order valence-corrected chi connectivity index (χ3v) is 7.14. The van der Waals surface area contributed by atoms with Crippen LogP contribution in [0.3, 0.4) is 0 Å². The summed E-state index contributed by atoms with van der Waals surface area (Å²) in [6.45, 7) is 6.66. The van der Waals surface area contributed by atoms with Crippen LogP contribution in [0.25, 0.3) is 10.8 Å². The number of benzene rings is 2. The van der Waals surface area contributed by atoms with Gasteiger partial charge in [0.2, 0.25) is 0 Å². The Morgan fingerprint density at radius 1 is 1.00 bits per heavy atom. The predicted molar refractivity (Wildman–Crippen MR) is 103 cm³/mol. The highest BCUT2D eigenvalue weighted by molar-refractivity contribution is 7.93. The highest BCUT2D eigenvalue weighted by atomic mass is 32.2. The Bertz CT molecular complexity index is 910. The van der Waals surface area contributed by atoms with Crippen molar-refractivity contribution in [2.24, 2.45) is 0 Å². The number of rotatable bonds is 3. The zero-order valence-corrected chi connectivity index (χ0v) is 15.7. The molecule has 0 aromatic heterocycles. The molecular weight excluding hydrogens is 334 g/mol. The third kappa shape index (κ3) is 2.59. The second-order valence-electron chi connectivity index (χ2n) is 7.00. The molecule has 2 aliphatic heterocycles. The van der Waals surface area contributed by atoms with Crippen molar-refractivity contribution < 1.29 is 8.42 Å². The first-order valence-electron chi connectivity index (χ1n) is 9.06. The van der Waals surface area contributed by atoms with Gasteiger partial charge in [-0.3, -0.25) is 4.31 Å². The maximum atomic E-state index is 12.9. The monoisotopic (exact) mass is 359 g/mol. The largest absolute Gasteiger partial charge is 0.370 e. The van der Waals surface area contributed by atoms with Crippen LogP contribution in [0.2, 0.25) is 0 Å². The van der Waals surface area contributed by atoms with E-state index in [0.717, 1.165) is 61.2 Å². The lowest BCUT2D eigenvalue weighted by Crippen LogP contribution is -2.29. The highest BCUT2D eigenvalue weighted by Gasteiger charge is 2.35. The molecule has 0 unspecified atom stereocenters. The zero-order chi connectivity index (χ0) is 17.6. The van der Waals surface area contributed by atoms with Gasteiger partial charge in [0.05, 0.1) is 10.6 Å². The van der Waals surface area contributed by atoms with Gasteiger partial charge in [-0.05, 0) is 44.6 Å². The van der Waals surface area contributed by atoms with E-state index in [1.807, 2.05) is 19.1 Å². The third-order valence-electron chi connectivity index (χ3n) is 5.28. The smallest absolute Gasteiger partial charge is 0.265 e. The summed E-state index contributed by atoms with van der Waals surface area (Å²) in [7, 11) is -1.26. The molecule has 0 atom stereocenters. The average molecular weight is 359 g/mol. The molecule has 2 heterocycles. The summed E-state index contributed by atoms with van der Waals surface area (Å²) in [4.78, 5) is 5.22. The fraction of sp³-hybridized carbons (Fsp3) is 0.474. The fourth-order valence-corrected chi connectivity index (χ4v) is 5.81. The Kier molecular flexibility index (Phi) is 4.12. The summed E-state index contributed by atoms with van der Waals surface area (Å²) < 4.78 is 27.5. The van der Waals surface area contributed by atoms with E-state index in [4.69, 9.17) is 0 Å². The molecule has 0 spiro atoms. The van der Waals surface area contributed by atoms with Crippen molar-refractivity contribution in [2.75, 3.05) is 49.0 Å². The van der Waals surface area contributed by atoms with E-state index in [1.165, 1.54) is 0 Å². The van der Waals surface area contributed by atoms with Gasteiger partial charge in [-0.15, -0.1) is 0 Å². The summed E-state index contributed by atoms with van der Waals surface area (Å²) in [6.07, 6.45) is 1.93. The van der Waals surface area contributed by atoms with E-state index in [1.54, 1.807) is 10.4 Å². The van der Waals surface area contributed by atoms with Gasteiger partial charge in [-0.25, -0.2) is 8.42 Å². The van der Waals surface area contributed by atoms with Gasteiger partial charge in [-0.2, -0.15) is 0 Å². The summed E-state index contributed by atoms with van der Waals surface area (Å²) in [5, 5.41) is 1.95. The van der Waals surface area contributed by atoms with Crippen molar-refractivity contribution in [2.45, 2.75) is 24.7 Å². The van der Waals surface area contributed by atoms with E-state index in [2.05, 4.69) is 29.0 Å². The van der Waals surface area contributed by atoms with Crippen LogP contribution in [-0.2, 0) is 10.0 Å². The van der Waals surface area contributed by atoms with Crippen LogP contribution in [0.5, 0.6) is 0 Å². The molecular formula is C19H25N3O2S. The Hall–Kier alpha value is -1.79. The van der Waals surface area contributed by atoms with Gasteiger partial charge in [0, 0.05) is 42.6 Å². The topological polar surface area (TPSA) is 43.9 Å². The van der Waals surface area contributed by atoms with Crippen molar-refractivity contribution in [1.82, 2.24) is 4.90 Å². The Morgan fingerprint density at radius 2 is 1.80 bits per heavy atom. The van der Waals surface area contributed by atoms with E-state index in [-0.39, 0.29) is 0 Å². The molecule has 6 heteroatoms. The van der Waals surface area contributed by atoms with E-state index >= 15 is 0 Å². The first-order chi connectivity index (χ1) is 12.0. The van der Waals surface area contributed by atoms with Crippen molar-refractivity contribution in [3.8, 4) is 0 Å². The number of sulfonamides is 1. The van der Waals surface area contributed by atoms with Crippen LogP contribution in [0, 0.1) is 0 Å². The number of hydrogen-bond acceptors (Lipinski definition) is 4. The van der Waals surface area contributed by atoms with Gasteiger partial charge >= 0.3 is 0 Å². The van der Waals surface area contributed by atoms with Crippen LogP contribution in [0.15, 0.2) is 35.2 Å². The molecule has 0 saturated carbocycles. The van der Waals surface area contributed by atoms with Gasteiger partial charge in [0.25, 0.3) is 10.0 Å². The quantitative estimate of drug-likeness (QED) is 0.845. The summed E-state index contributed by atoms with van der Waals surface area (Å²) >= 11 is 0. The predicted octanol–water partition coefficient (Wildman–Crippen LogP) is 2.90. The van der Waals surface area contributed by atoms with Crippen molar-refractivity contribution in [3.63, 3.8) is 0 Å². The molecule has 0 bridgehead atoms. The van der Waals surface area contributed by atoms with E-state index in [9.17, 15) is 8.42 Å². The van der Waals surface area contributed by atoms with Gasteiger partial charge in [0.15, 0.2) is 0 Å². The lowest BCUT2D eigenvalue weighted by Gasteiger charge is -2.25. The fourth-order valence-electron chi connectivity index (χ4n) is 4.02. The minimum absolute atomic E-state index is 0.460. The van der Waals surface area contributed by atoms with Crippen molar-refractivity contribution >= 4 is 32.2 Å². The molecule has 1 fully saturated rings. The Labute approximate surface area is 149 Å². The number of nitrogens with zero attached hydrogens (tertiary/aromatic N) is 3. The Balaban J connectivity index is 1.87. The molecule has 134 valence electrons. The standard InChI is InChI=1S/C19H25N3O2S/c1-3-10-22-17-9-8-16(21-12-5-11-20(2)13-14-21)15-6-4-7-18(19(15)17)25(22,23)24/h4,6-9H,3,5,10-14H2,1-2H3. The van der Waals surface area contributed by atoms with Crippen molar-refractivity contribution in [3.05, 3.63) is 30.3 Å². The van der Waals surface area contributed by atoms with Crippen LogP contribution >= 0.6 is 0 Å². The van der Waals surface area contributed by atoms with Crippen LogP contribution in [-0.4, -0.2) is 53.1 Å². The summed E-state index contributed by atoms with van der Waals surface area (Å²) in [5.41, 5.74) is 1.99. The SMILES string of the molecule is CCCN1c2ccc(N3CCCN(C)CC3)c3cccc(c23)S1(=O)=O. The number of likely N-dealkylation sites (N-methyl/N-ethyl adjacent to an activating group) is 1. The second-order valence-corrected chi connectivity index (χ2v) is 8.83. The normalized spacial score (nSPS) is 20.2. The molecule has 25 heavy (non-hydrogen) atoms. The maximum Gasteiger partial charge on any atom is 0.265 e. The molecule has 0 radical (unpaired) electrons. The first-order valence-corrected chi connectivity index (χ1v) is 10.5. The average Bonchev–Trinajstić information content (AvgIpc) is 2.74. The molecule has 2 aromatic rings. The molecule has 5 nitrogen and oxygen atoms in total.